The van der Waals surface area contributed by atoms with Gasteiger partial charge in [-0.2, -0.15) is 0 Å². The van der Waals surface area contributed by atoms with E-state index in [1.54, 1.807) is 0 Å². The molecular weight excluding hydrogens is 195 g/mol. The summed E-state index contributed by atoms with van der Waals surface area (Å²) < 4.78 is 0. The molecule has 1 aromatic rings. The Morgan fingerprint density at radius 1 is 0.778 bits per heavy atom. The summed E-state index contributed by atoms with van der Waals surface area (Å²) in [5.41, 5.74) is 0. The summed E-state index contributed by atoms with van der Waals surface area (Å²) in [6.45, 7) is 0. The molecule has 1 aromatic heterocycles. The van der Waals surface area contributed by atoms with Gasteiger partial charge in [0.05, 0.1) is 0 Å². The third-order valence-corrected chi connectivity index (χ3v) is 0.496. The van der Waals surface area contributed by atoms with Crippen molar-refractivity contribution >= 4 is 17.4 Å². The van der Waals surface area contributed by atoms with Gasteiger partial charge in [-0.05, 0) is 12.1 Å². The van der Waals surface area contributed by atoms with Crippen LogP contribution in [0, 0.1) is 0 Å². The van der Waals surface area contributed by atoms with Crippen LogP contribution in [0.2, 0.25) is 0 Å². The molecule has 0 aliphatic rings. The van der Waals surface area contributed by atoms with Gasteiger partial charge in [-0.3, -0.25) is 0 Å². The number of H-pyrrole nitrogens is 1. The quantitative estimate of drug-likeness (QED) is 0.401. The molecular formula is C4H5AlCl3N. The molecule has 0 bridgehead atoms. The minimum atomic E-state index is 0. The van der Waals surface area contributed by atoms with Crippen molar-refractivity contribution in [3.63, 3.8) is 0 Å². The zero-order valence-corrected chi connectivity index (χ0v) is 7.94. The summed E-state index contributed by atoms with van der Waals surface area (Å²) >= 11 is 0. The third-order valence-electron chi connectivity index (χ3n) is 0.496. The number of aromatic amines is 1. The molecule has 0 fully saturated rings. The van der Waals surface area contributed by atoms with E-state index in [1.807, 2.05) is 24.5 Å². The van der Waals surface area contributed by atoms with Crippen LogP contribution in [-0.4, -0.2) is 22.3 Å². The zero-order chi connectivity index (χ0) is 3.54. The topological polar surface area (TPSA) is 15.8 Å². The monoisotopic (exact) mass is 199 g/mol. The van der Waals surface area contributed by atoms with Crippen LogP contribution in [0.15, 0.2) is 24.5 Å². The molecule has 0 saturated heterocycles. The predicted octanol–water partition coefficient (Wildman–Crippen LogP) is -8.35. The summed E-state index contributed by atoms with van der Waals surface area (Å²) in [4.78, 5) is 2.86. The van der Waals surface area contributed by atoms with Gasteiger partial charge in [0.15, 0.2) is 0 Å². The largest absolute Gasteiger partial charge is 3.00 e. The van der Waals surface area contributed by atoms with E-state index in [0.717, 1.165) is 0 Å². The van der Waals surface area contributed by atoms with E-state index in [1.165, 1.54) is 0 Å². The minimum absolute atomic E-state index is 0. The Morgan fingerprint density at radius 2 is 1.11 bits per heavy atom. The second kappa shape index (κ2) is 15.9. The zero-order valence-electron chi connectivity index (χ0n) is 4.52. The minimum Gasteiger partial charge on any atom is -1.00 e. The molecule has 1 N–H and O–H groups in total. The van der Waals surface area contributed by atoms with Crippen LogP contribution in [-0.2, 0) is 0 Å². The van der Waals surface area contributed by atoms with Gasteiger partial charge in [0.1, 0.15) is 0 Å². The van der Waals surface area contributed by atoms with Gasteiger partial charge in [0, 0.05) is 12.4 Å². The van der Waals surface area contributed by atoms with Crippen molar-refractivity contribution in [2.24, 2.45) is 0 Å². The average Bonchev–Trinajstić information content (AvgIpc) is 1.76. The van der Waals surface area contributed by atoms with Crippen molar-refractivity contribution in [1.29, 1.82) is 0 Å². The molecule has 9 heavy (non-hydrogen) atoms. The van der Waals surface area contributed by atoms with Crippen LogP contribution < -0.4 is 37.2 Å². The summed E-state index contributed by atoms with van der Waals surface area (Å²) in [7, 11) is 0. The van der Waals surface area contributed by atoms with E-state index in [0.29, 0.717) is 0 Å². The van der Waals surface area contributed by atoms with E-state index in [9.17, 15) is 0 Å². The molecule has 0 amide bonds. The second-order valence-corrected chi connectivity index (χ2v) is 0.885. The molecule has 0 unspecified atom stereocenters. The Morgan fingerprint density at radius 3 is 1.22 bits per heavy atom. The van der Waals surface area contributed by atoms with Crippen LogP contribution in [0.5, 0.6) is 0 Å². The summed E-state index contributed by atoms with van der Waals surface area (Å²) in [5, 5.41) is 0. The molecule has 0 aliphatic carbocycles. The molecule has 0 atom stereocenters. The van der Waals surface area contributed by atoms with Crippen molar-refractivity contribution < 1.29 is 37.2 Å². The van der Waals surface area contributed by atoms with Gasteiger partial charge in [-0.15, -0.1) is 0 Å². The Labute approximate surface area is 84.0 Å². The van der Waals surface area contributed by atoms with Crippen molar-refractivity contribution in [3.8, 4) is 0 Å². The fourth-order valence-corrected chi connectivity index (χ4v) is 0.278. The number of hydrogen-bond donors (Lipinski definition) is 1. The summed E-state index contributed by atoms with van der Waals surface area (Å²) in [5.74, 6) is 0. The van der Waals surface area contributed by atoms with Gasteiger partial charge in [-0.1, -0.05) is 0 Å². The first-order valence-electron chi connectivity index (χ1n) is 1.58. The number of aromatic nitrogens is 1. The summed E-state index contributed by atoms with van der Waals surface area (Å²) in [6.07, 6.45) is 3.75. The maximum absolute atomic E-state index is 2.86. The van der Waals surface area contributed by atoms with Gasteiger partial charge in [0.2, 0.25) is 0 Å². The molecule has 0 saturated carbocycles. The van der Waals surface area contributed by atoms with E-state index >= 15 is 0 Å². The summed E-state index contributed by atoms with van der Waals surface area (Å²) in [6, 6.07) is 3.89. The Hall–Kier alpha value is 0.682. The molecule has 0 spiro atoms. The van der Waals surface area contributed by atoms with Gasteiger partial charge >= 0.3 is 17.4 Å². The van der Waals surface area contributed by atoms with Crippen LogP contribution in [0.25, 0.3) is 0 Å². The second-order valence-electron chi connectivity index (χ2n) is 0.885. The maximum Gasteiger partial charge on any atom is 3.00 e. The van der Waals surface area contributed by atoms with Crippen LogP contribution >= 0.6 is 0 Å². The van der Waals surface area contributed by atoms with E-state index < -0.39 is 0 Å². The van der Waals surface area contributed by atoms with E-state index in [-0.39, 0.29) is 54.6 Å². The first-order valence-corrected chi connectivity index (χ1v) is 1.58. The number of halogens is 3. The number of nitrogens with one attached hydrogen (secondary N) is 1. The smallest absolute Gasteiger partial charge is 1.00 e. The van der Waals surface area contributed by atoms with Gasteiger partial charge in [0.25, 0.3) is 0 Å². The molecule has 50 valence electrons. The van der Waals surface area contributed by atoms with E-state index in [2.05, 4.69) is 4.98 Å². The molecule has 1 rings (SSSR count). The van der Waals surface area contributed by atoms with Gasteiger partial charge < -0.3 is 42.2 Å². The van der Waals surface area contributed by atoms with E-state index in [4.69, 9.17) is 0 Å². The Balaban J connectivity index is -0.0000000312. The molecule has 1 nitrogen and oxygen atoms in total. The van der Waals surface area contributed by atoms with Crippen molar-refractivity contribution in [2.75, 3.05) is 0 Å². The van der Waals surface area contributed by atoms with Crippen molar-refractivity contribution in [3.05, 3.63) is 24.5 Å². The fraction of sp³-hybridized carbons (Fsp3) is 0. The standard InChI is InChI=1S/C4H5N.Al.3ClH/c1-2-4-5-3-1;;;;/h1-5H;;3*1H/q;+3;;;/p-3. The number of rotatable bonds is 0. The van der Waals surface area contributed by atoms with Gasteiger partial charge in [-0.25, -0.2) is 0 Å². The first-order chi connectivity index (χ1) is 2.50. The molecule has 5 heteroatoms. The SMILES string of the molecule is [Al+3].[Cl-].[Cl-].[Cl-].c1cc[nH]c1. The Bertz CT molecular complexity index is 72.3. The van der Waals surface area contributed by atoms with Crippen LogP contribution in [0.4, 0.5) is 0 Å². The van der Waals surface area contributed by atoms with Crippen LogP contribution in [0.1, 0.15) is 0 Å². The molecule has 0 aliphatic heterocycles. The Kier molecular flexibility index (Phi) is 39.9. The molecule has 0 aromatic carbocycles. The number of hydrogen-bond acceptors (Lipinski definition) is 0. The predicted molar refractivity (Wildman–Crippen MR) is 26.5 cm³/mol. The average molecular weight is 200 g/mol. The first kappa shape index (κ1) is 22.6. The molecule has 1 heterocycles. The molecule has 0 radical (unpaired) electrons. The maximum atomic E-state index is 2.86. The third kappa shape index (κ3) is 12.0. The van der Waals surface area contributed by atoms with Crippen molar-refractivity contribution in [2.45, 2.75) is 0 Å². The normalized spacial score (nSPS) is 4.44. The fourth-order valence-electron chi connectivity index (χ4n) is 0.278. The van der Waals surface area contributed by atoms with Crippen LogP contribution in [0.3, 0.4) is 0 Å². The van der Waals surface area contributed by atoms with Crippen molar-refractivity contribution in [1.82, 2.24) is 4.98 Å².